The van der Waals surface area contributed by atoms with Crippen LogP contribution in [-0.2, 0) is 9.53 Å². The summed E-state index contributed by atoms with van der Waals surface area (Å²) in [5.74, 6) is 5.22. The van der Waals surface area contributed by atoms with Crippen LogP contribution in [0.2, 0.25) is 5.02 Å². The Hall–Kier alpha value is -1.72. The summed E-state index contributed by atoms with van der Waals surface area (Å²) in [4.78, 5) is 10.9. The number of halogens is 1. The van der Waals surface area contributed by atoms with Crippen molar-refractivity contribution in [1.82, 2.24) is 0 Å². The monoisotopic (exact) mass is 234 g/mol. The molecule has 0 unspecified atom stereocenters. The third-order valence-corrected chi connectivity index (χ3v) is 1.90. The van der Waals surface area contributed by atoms with Crippen LogP contribution in [0.25, 0.3) is 0 Å². The van der Waals surface area contributed by atoms with E-state index in [2.05, 4.69) is 11.8 Å². The van der Waals surface area contributed by atoms with Gasteiger partial charge in [0.25, 0.3) is 0 Å². The SMILES string of the molecule is CCOC(=O)C=CC#Cc1ccc(Cl)cc1. The van der Waals surface area contributed by atoms with Crippen LogP contribution < -0.4 is 0 Å². The summed E-state index contributed by atoms with van der Waals surface area (Å²) in [6, 6.07) is 7.16. The summed E-state index contributed by atoms with van der Waals surface area (Å²) >= 11 is 5.73. The minimum absolute atomic E-state index is 0.369. The predicted octanol–water partition coefficient (Wildman–Crippen LogP) is 2.81. The molecule has 0 amide bonds. The Morgan fingerprint density at radius 1 is 1.44 bits per heavy atom. The third kappa shape index (κ3) is 4.68. The van der Waals surface area contributed by atoms with Gasteiger partial charge in [-0.05, 0) is 37.3 Å². The molecule has 0 radical (unpaired) electrons. The Morgan fingerprint density at radius 2 is 2.12 bits per heavy atom. The first kappa shape index (κ1) is 12.4. The zero-order valence-corrected chi connectivity index (χ0v) is 9.62. The van der Waals surface area contributed by atoms with E-state index >= 15 is 0 Å². The van der Waals surface area contributed by atoms with Crippen molar-refractivity contribution in [2.45, 2.75) is 6.92 Å². The van der Waals surface area contributed by atoms with Gasteiger partial charge in [0.05, 0.1) is 6.61 Å². The second kappa shape index (κ2) is 6.71. The van der Waals surface area contributed by atoms with Gasteiger partial charge in [0.2, 0.25) is 0 Å². The van der Waals surface area contributed by atoms with Crippen LogP contribution in [0.5, 0.6) is 0 Å². The molecule has 0 aliphatic rings. The van der Waals surface area contributed by atoms with E-state index in [1.807, 2.05) is 12.1 Å². The number of rotatable bonds is 2. The maximum Gasteiger partial charge on any atom is 0.331 e. The highest BCUT2D eigenvalue weighted by molar-refractivity contribution is 6.30. The highest BCUT2D eigenvalue weighted by atomic mass is 35.5. The molecule has 1 aromatic carbocycles. The quantitative estimate of drug-likeness (QED) is 0.447. The molecule has 2 nitrogen and oxygen atoms in total. The minimum atomic E-state index is -0.382. The van der Waals surface area contributed by atoms with Gasteiger partial charge in [-0.2, -0.15) is 0 Å². The fourth-order valence-electron chi connectivity index (χ4n) is 0.958. The molecule has 1 aromatic rings. The van der Waals surface area contributed by atoms with Gasteiger partial charge in [-0.25, -0.2) is 4.79 Å². The predicted molar refractivity (Wildman–Crippen MR) is 64.1 cm³/mol. The summed E-state index contributed by atoms with van der Waals surface area (Å²) in [5, 5.41) is 0.674. The molecule has 16 heavy (non-hydrogen) atoms. The van der Waals surface area contributed by atoms with Crippen LogP contribution in [0.15, 0.2) is 36.4 Å². The average molecular weight is 235 g/mol. The molecule has 0 saturated carbocycles. The number of carbonyl (C=O) groups is 1. The fourth-order valence-corrected chi connectivity index (χ4v) is 1.08. The van der Waals surface area contributed by atoms with Crippen molar-refractivity contribution in [2.75, 3.05) is 6.61 Å². The van der Waals surface area contributed by atoms with Crippen molar-refractivity contribution >= 4 is 17.6 Å². The number of carbonyl (C=O) groups excluding carboxylic acids is 1. The lowest BCUT2D eigenvalue weighted by molar-refractivity contribution is -0.137. The van der Waals surface area contributed by atoms with Crippen molar-refractivity contribution < 1.29 is 9.53 Å². The van der Waals surface area contributed by atoms with Crippen LogP contribution in [0.1, 0.15) is 12.5 Å². The molecule has 3 heteroatoms. The Labute approximate surface area is 99.9 Å². The molecule has 0 aliphatic carbocycles. The van der Waals surface area contributed by atoms with Crippen molar-refractivity contribution in [2.24, 2.45) is 0 Å². The summed E-state index contributed by atoms with van der Waals surface area (Å²) in [6.45, 7) is 2.12. The van der Waals surface area contributed by atoms with Gasteiger partial charge in [-0.3, -0.25) is 0 Å². The van der Waals surface area contributed by atoms with E-state index in [1.165, 1.54) is 12.2 Å². The molecule has 1 rings (SSSR count). The number of allylic oxidation sites excluding steroid dienone is 1. The van der Waals surface area contributed by atoms with E-state index < -0.39 is 0 Å². The standard InChI is InChI=1S/C13H11ClO2/c1-2-16-13(15)6-4-3-5-11-7-9-12(14)10-8-11/h4,6-10H,2H2,1H3. The number of hydrogen-bond donors (Lipinski definition) is 0. The molecule has 0 N–H and O–H groups in total. The minimum Gasteiger partial charge on any atom is -0.463 e. The van der Waals surface area contributed by atoms with E-state index in [0.717, 1.165) is 5.56 Å². The maximum absolute atomic E-state index is 10.9. The molecular weight excluding hydrogens is 224 g/mol. The van der Waals surface area contributed by atoms with Crippen LogP contribution in [0.3, 0.4) is 0 Å². The van der Waals surface area contributed by atoms with Gasteiger partial charge >= 0.3 is 5.97 Å². The van der Waals surface area contributed by atoms with Gasteiger partial charge < -0.3 is 4.74 Å². The van der Waals surface area contributed by atoms with Crippen molar-refractivity contribution in [1.29, 1.82) is 0 Å². The number of benzene rings is 1. The lowest BCUT2D eigenvalue weighted by Crippen LogP contribution is -1.98. The Morgan fingerprint density at radius 3 is 2.75 bits per heavy atom. The first-order valence-corrected chi connectivity index (χ1v) is 5.20. The highest BCUT2D eigenvalue weighted by Crippen LogP contribution is 2.08. The van der Waals surface area contributed by atoms with Crippen LogP contribution in [0, 0.1) is 11.8 Å². The van der Waals surface area contributed by atoms with Gasteiger partial charge in [-0.1, -0.05) is 23.4 Å². The maximum atomic E-state index is 10.9. The van der Waals surface area contributed by atoms with E-state index in [1.54, 1.807) is 19.1 Å². The number of ether oxygens (including phenoxy) is 1. The van der Waals surface area contributed by atoms with E-state index in [9.17, 15) is 4.79 Å². The summed E-state index contributed by atoms with van der Waals surface area (Å²) in [5.41, 5.74) is 0.845. The Balaban J connectivity index is 2.55. The van der Waals surface area contributed by atoms with Crippen LogP contribution in [0.4, 0.5) is 0 Å². The molecule has 0 atom stereocenters. The number of esters is 1. The van der Waals surface area contributed by atoms with Gasteiger partial charge in [0.1, 0.15) is 0 Å². The van der Waals surface area contributed by atoms with Crippen LogP contribution >= 0.6 is 11.6 Å². The Bertz CT molecular complexity index is 435. The second-order valence-corrected chi connectivity index (χ2v) is 3.30. The zero-order chi connectivity index (χ0) is 11.8. The normalized spacial score (nSPS) is 9.62. The fraction of sp³-hybridized carbons (Fsp3) is 0.154. The molecule has 0 fully saturated rings. The molecule has 82 valence electrons. The number of hydrogen-bond acceptors (Lipinski definition) is 2. The zero-order valence-electron chi connectivity index (χ0n) is 8.87. The molecule has 0 heterocycles. The topological polar surface area (TPSA) is 26.3 Å². The molecule has 0 aromatic heterocycles. The summed E-state index contributed by atoms with van der Waals surface area (Å²) < 4.78 is 4.70. The molecule has 0 saturated heterocycles. The molecule has 0 spiro atoms. The molecule has 0 aliphatic heterocycles. The molecule has 0 bridgehead atoms. The lowest BCUT2D eigenvalue weighted by atomic mass is 10.2. The highest BCUT2D eigenvalue weighted by Gasteiger charge is 1.90. The van der Waals surface area contributed by atoms with E-state index in [4.69, 9.17) is 16.3 Å². The van der Waals surface area contributed by atoms with E-state index in [-0.39, 0.29) is 5.97 Å². The first-order valence-electron chi connectivity index (χ1n) is 4.83. The largest absolute Gasteiger partial charge is 0.463 e. The first-order chi connectivity index (χ1) is 7.72. The van der Waals surface area contributed by atoms with Crippen molar-refractivity contribution in [3.63, 3.8) is 0 Å². The average Bonchev–Trinajstić information content (AvgIpc) is 2.27. The second-order valence-electron chi connectivity index (χ2n) is 2.86. The van der Waals surface area contributed by atoms with Crippen LogP contribution in [-0.4, -0.2) is 12.6 Å². The van der Waals surface area contributed by atoms with Gasteiger partial charge in [0.15, 0.2) is 0 Å². The smallest absolute Gasteiger partial charge is 0.331 e. The van der Waals surface area contributed by atoms with E-state index in [0.29, 0.717) is 11.6 Å². The summed E-state index contributed by atoms with van der Waals surface area (Å²) in [7, 11) is 0. The van der Waals surface area contributed by atoms with Gasteiger partial charge in [0, 0.05) is 16.7 Å². The van der Waals surface area contributed by atoms with Crippen molar-refractivity contribution in [3.8, 4) is 11.8 Å². The van der Waals surface area contributed by atoms with Crippen molar-refractivity contribution in [3.05, 3.63) is 47.0 Å². The summed E-state index contributed by atoms with van der Waals surface area (Å²) in [6.07, 6.45) is 2.76. The third-order valence-electron chi connectivity index (χ3n) is 1.65. The lowest BCUT2D eigenvalue weighted by Gasteiger charge is -1.92. The molecular formula is C13H11ClO2. The Kier molecular flexibility index (Phi) is 5.18. The van der Waals surface area contributed by atoms with Gasteiger partial charge in [-0.15, -0.1) is 0 Å².